The molecule has 9 nitrogen and oxygen atoms in total. The molecule has 0 aromatic heterocycles. The summed E-state index contributed by atoms with van der Waals surface area (Å²) in [6, 6.07) is 2.58. The molecule has 22 heavy (non-hydrogen) atoms. The van der Waals surface area contributed by atoms with Crippen LogP contribution in [-0.4, -0.2) is 62.7 Å². The number of nitro groups is 1. The van der Waals surface area contributed by atoms with Crippen molar-refractivity contribution in [3.63, 3.8) is 0 Å². The summed E-state index contributed by atoms with van der Waals surface area (Å²) in [5.74, 6) is -1.51. The molecule has 10 heteroatoms. The lowest BCUT2D eigenvalue weighted by Crippen LogP contribution is -2.60. The fraction of sp³-hybridized carbons (Fsp3) is 0.500. The highest BCUT2D eigenvalue weighted by atomic mass is 19.1. The van der Waals surface area contributed by atoms with Gasteiger partial charge in [0.1, 0.15) is 24.4 Å². The molecule has 0 amide bonds. The van der Waals surface area contributed by atoms with Gasteiger partial charge < -0.3 is 29.9 Å². The molecule has 0 unspecified atom stereocenters. The Hall–Kier alpha value is -1.85. The predicted octanol–water partition coefficient (Wildman–Crippen LogP) is -1.09. The maximum absolute atomic E-state index is 13.7. The molecule has 4 N–H and O–H groups in total. The van der Waals surface area contributed by atoms with Crippen LogP contribution in [0.1, 0.15) is 0 Å². The molecule has 1 heterocycles. The van der Waals surface area contributed by atoms with Crippen LogP contribution in [0.2, 0.25) is 0 Å². The van der Waals surface area contributed by atoms with Crippen molar-refractivity contribution < 1.29 is 39.2 Å². The van der Waals surface area contributed by atoms with E-state index in [0.717, 1.165) is 12.1 Å². The van der Waals surface area contributed by atoms with Crippen molar-refractivity contribution in [3.05, 3.63) is 34.1 Å². The first-order valence-electron chi connectivity index (χ1n) is 6.26. The summed E-state index contributed by atoms with van der Waals surface area (Å²) >= 11 is 0. The average molecular weight is 319 g/mol. The third-order valence-corrected chi connectivity index (χ3v) is 3.22. The van der Waals surface area contributed by atoms with E-state index in [9.17, 15) is 29.8 Å². The molecule has 122 valence electrons. The molecule has 1 fully saturated rings. The topological polar surface area (TPSA) is 143 Å². The van der Waals surface area contributed by atoms with E-state index in [1.165, 1.54) is 0 Å². The predicted molar refractivity (Wildman–Crippen MR) is 67.4 cm³/mol. The van der Waals surface area contributed by atoms with Crippen LogP contribution in [0.25, 0.3) is 0 Å². The van der Waals surface area contributed by atoms with E-state index in [0.29, 0.717) is 6.07 Å². The standard InChI is InChI=1S/C12H14FNO8/c13-6-3-5(14(19)20)1-2-7(6)21-12-11(18)10(17)9(16)8(4-15)22-12/h1-3,8-12,15-18H,4H2/t8-,9-,10+,11-,12-/m1/s1. The summed E-state index contributed by atoms with van der Waals surface area (Å²) in [5, 5.41) is 48.4. The highest BCUT2D eigenvalue weighted by Gasteiger charge is 2.44. The molecule has 0 saturated carbocycles. The van der Waals surface area contributed by atoms with E-state index in [1.807, 2.05) is 0 Å². The lowest BCUT2D eigenvalue weighted by molar-refractivity contribution is -0.385. The minimum absolute atomic E-state index is 0.449. The third kappa shape index (κ3) is 3.15. The van der Waals surface area contributed by atoms with E-state index in [2.05, 4.69) is 0 Å². The molecule has 1 aromatic carbocycles. The van der Waals surface area contributed by atoms with Gasteiger partial charge in [0.2, 0.25) is 6.29 Å². The van der Waals surface area contributed by atoms with Gasteiger partial charge >= 0.3 is 0 Å². The summed E-state index contributed by atoms with van der Waals surface area (Å²) in [4.78, 5) is 9.72. The van der Waals surface area contributed by atoms with Gasteiger partial charge in [-0.3, -0.25) is 10.1 Å². The Bertz CT molecular complexity index is 554. The number of hydrogen-bond acceptors (Lipinski definition) is 8. The highest BCUT2D eigenvalue weighted by molar-refractivity contribution is 5.37. The SMILES string of the molecule is O=[N+]([O-])c1ccc(O[C@@H]2O[C@H](CO)[C@@H](O)[C@H](O)[C@H]2O)c(F)c1. The Morgan fingerprint density at radius 3 is 2.50 bits per heavy atom. The van der Waals surface area contributed by atoms with Gasteiger partial charge in [-0.05, 0) is 6.07 Å². The summed E-state index contributed by atoms with van der Waals surface area (Å²) in [7, 11) is 0. The number of non-ortho nitro benzene ring substituents is 1. The smallest absolute Gasteiger partial charge is 0.272 e. The average Bonchev–Trinajstić information content (AvgIpc) is 2.49. The Morgan fingerprint density at radius 2 is 1.95 bits per heavy atom. The van der Waals surface area contributed by atoms with Crippen LogP contribution in [-0.2, 0) is 4.74 Å². The minimum Gasteiger partial charge on any atom is -0.459 e. The van der Waals surface area contributed by atoms with E-state index in [1.54, 1.807) is 0 Å². The highest BCUT2D eigenvalue weighted by Crippen LogP contribution is 2.27. The number of aliphatic hydroxyl groups is 4. The second kappa shape index (κ2) is 6.50. The van der Waals surface area contributed by atoms with Gasteiger partial charge in [0.15, 0.2) is 11.6 Å². The van der Waals surface area contributed by atoms with Gasteiger partial charge in [0.25, 0.3) is 5.69 Å². The number of hydrogen-bond donors (Lipinski definition) is 4. The molecule has 0 spiro atoms. The first-order valence-corrected chi connectivity index (χ1v) is 6.26. The largest absolute Gasteiger partial charge is 0.459 e. The number of rotatable bonds is 4. The molecular formula is C12H14FNO8. The van der Waals surface area contributed by atoms with Crippen molar-refractivity contribution in [2.45, 2.75) is 30.7 Å². The van der Waals surface area contributed by atoms with Crippen LogP contribution < -0.4 is 4.74 Å². The number of nitro benzene ring substituents is 1. The normalized spacial score (nSPS) is 31.8. The van der Waals surface area contributed by atoms with Crippen LogP contribution in [0.3, 0.4) is 0 Å². The lowest BCUT2D eigenvalue weighted by Gasteiger charge is -2.39. The van der Waals surface area contributed by atoms with Crippen LogP contribution in [0.15, 0.2) is 18.2 Å². The molecule has 5 atom stereocenters. The number of ether oxygens (including phenoxy) is 2. The molecule has 1 aliphatic heterocycles. The van der Waals surface area contributed by atoms with Crippen LogP contribution in [0.5, 0.6) is 5.75 Å². The van der Waals surface area contributed by atoms with Gasteiger partial charge in [-0.25, -0.2) is 4.39 Å². The number of benzene rings is 1. The zero-order chi connectivity index (χ0) is 16.4. The number of aliphatic hydroxyl groups excluding tert-OH is 4. The van der Waals surface area contributed by atoms with Gasteiger partial charge in [0.05, 0.1) is 17.6 Å². The van der Waals surface area contributed by atoms with Crippen molar-refractivity contribution in [3.8, 4) is 5.75 Å². The molecule has 0 radical (unpaired) electrons. The van der Waals surface area contributed by atoms with E-state index >= 15 is 0 Å². The van der Waals surface area contributed by atoms with Gasteiger partial charge in [-0.15, -0.1) is 0 Å². The molecule has 2 rings (SSSR count). The number of halogens is 1. The number of nitrogens with zero attached hydrogens (tertiary/aromatic N) is 1. The minimum atomic E-state index is -1.70. The van der Waals surface area contributed by atoms with E-state index in [-0.39, 0.29) is 0 Å². The van der Waals surface area contributed by atoms with Crippen LogP contribution in [0, 0.1) is 15.9 Å². The van der Waals surface area contributed by atoms with Crippen molar-refractivity contribution in [2.75, 3.05) is 6.61 Å². The van der Waals surface area contributed by atoms with Gasteiger partial charge in [-0.2, -0.15) is 0 Å². The zero-order valence-corrected chi connectivity index (χ0v) is 11.1. The third-order valence-electron chi connectivity index (χ3n) is 3.22. The second-order valence-electron chi connectivity index (χ2n) is 4.69. The Balaban J connectivity index is 2.17. The van der Waals surface area contributed by atoms with Crippen molar-refractivity contribution in [1.29, 1.82) is 0 Å². The van der Waals surface area contributed by atoms with Crippen molar-refractivity contribution >= 4 is 5.69 Å². The molecular weight excluding hydrogens is 305 g/mol. The first kappa shape index (κ1) is 16.5. The molecule has 1 saturated heterocycles. The van der Waals surface area contributed by atoms with E-state index < -0.39 is 59.5 Å². The first-order chi connectivity index (χ1) is 10.3. The molecule has 0 aliphatic carbocycles. The van der Waals surface area contributed by atoms with E-state index in [4.69, 9.17) is 14.6 Å². The Morgan fingerprint density at radius 1 is 1.27 bits per heavy atom. The van der Waals surface area contributed by atoms with Crippen molar-refractivity contribution in [2.24, 2.45) is 0 Å². The lowest BCUT2D eigenvalue weighted by atomic mass is 9.99. The summed E-state index contributed by atoms with van der Waals surface area (Å²) in [6.07, 6.45) is -7.71. The monoisotopic (exact) mass is 319 g/mol. The fourth-order valence-corrected chi connectivity index (χ4v) is 1.99. The molecule has 1 aliphatic rings. The Kier molecular flexibility index (Phi) is 4.88. The Labute approximate surface area is 123 Å². The second-order valence-corrected chi connectivity index (χ2v) is 4.69. The quantitative estimate of drug-likeness (QED) is 0.405. The van der Waals surface area contributed by atoms with Crippen LogP contribution >= 0.6 is 0 Å². The summed E-state index contributed by atoms with van der Waals surface area (Å²) in [6.45, 7) is -0.659. The van der Waals surface area contributed by atoms with Crippen LogP contribution in [0.4, 0.5) is 10.1 Å². The molecule has 0 bridgehead atoms. The zero-order valence-electron chi connectivity index (χ0n) is 11.1. The molecule has 1 aromatic rings. The maximum Gasteiger partial charge on any atom is 0.272 e. The summed E-state index contributed by atoms with van der Waals surface area (Å²) < 4.78 is 23.8. The van der Waals surface area contributed by atoms with Gasteiger partial charge in [-0.1, -0.05) is 0 Å². The van der Waals surface area contributed by atoms with Gasteiger partial charge in [0, 0.05) is 6.07 Å². The maximum atomic E-state index is 13.7. The van der Waals surface area contributed by atoms with Crippen molar-refractivity contribution in [1.82, 2.24) is 0 Å². The fourth-order valence-electron chi connectivity index (χ4n) is 1.99. The summed E-state index contributed by atoms with van der Waals surface area (Å²) in [5.41, 5.74) is -0.487.